The molecule has 3 rings (SSSR count). The van der Waals surface area contributed by atoms with E-state index < -0.39 is 11.6 Å². The maximum atomic E-state index is 12.8. The molecule has 1 spiro atoms. The van der Waals surface area contributed by atoms with Crippen LogP contribution in [0.3, 0.4) is 0 Å². The summed E-state index contributed by atoms with van der Waals surface area (Å²) in [6.07, 6.45) is 5.89. The molecule has 1 saturated heterocycles. The van der Waals surface area contributed by atoms with Crippen LogP contribution in [-0.4, -0.2) is 57.0 Å². The number of nitrogens with zero attached hydrogens (tertiary/aromatic N) is 3. The van der Waals surface area contributed by atoms with Crippen molar-refractivity contribution in [3.8, 4) is 0 Å². The average molecular weight is 347 g/mol. The van der Waals surface area contributed by atoms with Crippen LogP contribution in [0, 0.1) is 5.92 Å². The number of rotatable bonds is 5. The number of hydrogen-bond donors (Lipinski definition) is 2. The normalized spacial score (nSPS) is 26.2. The summed E-state index contributed by atoms with van der Waals surface area (Å²) in [5.41, 5.74) is -0.00672. The Kier molecular flexibility index (Phi) is 4.78. The van der Waals surface area contributed by atoms with E-state index in [1.54, 1.807) is 19.3 Å². The average Bonchev–Trinajstić information content (AvgIpc) is 3.18. The van der Waals surface area contributed by atoms with Gasteiger partial charge in [-0.05, 0) is 37.7 Å². The molecule has 0 radical (unpaired) electrons. The summed E-state index contributed by atoms with van der Waals surface area (Å²) in [7, 11) is 1.64. The van der Waals surface area contributed by atoms with Crippen molar-refractivity contribution >= 4 is 17.8 Å². The van der Waals surface area contributed by atoms with Crippen LogP contribution in [0.4, 0.5) is 4.79 Å². The van der Waals surface area contributed by atoms with Crippen molar-refractivity contribution in [2.24, 2.45) is 5.92 Å². The number of H-pyrrole nitrogens is 1. The molecule has 8 heteroatoms. The van der Waals surface area contributed by atoms with E-state index in [-0.39, 0.29) is 18.4 Å². The predicted molar refractivity (Wildman–Crippen MR) is 90.3 cm³/mol. The van der Waals surface area contributed by atoms with Gasteiger partial charge in [0, 0.05) is 13.2 Å². The van der Waals surface area contributed by atoms with Crippen molar-refractivity contribution in [2.75, 3.05) is 13.6 Å². The third-order valence-corrected chi connectivity index (χ3v) is 5.47. The van der Waals surface area contributed by atoms with Crippen LogP contribution in [0.1, 0.15) is 44.7 Å². The molecule has 4 amide bonds. The standard InChI is InChI=1S/C17H25N5O3/c1-3-12-4-7-17(8-5-12)15(24)22(16(25)19-17)11-14(23)21(2)10-13-6-9-18-20-13/h6,9,12H,3-5,7-8,10-11H2,1-2H3,(H,18,20)(H,19,25). The van der Waals surface area contributed by atoms with Crippen LogP contribution in [0.5, 0.6) is 0 Å². The second-order valence-electron chi connectivity index (χ2n) is 7.09. The van der Waals surface area contributed by atoms with Gasteiger partial charge in [-0.25, -0.2) is 4.79 Å². The Hall–Kier alpha value is -2.38. The van der Waals surface area contributed by atoms with Crippen LogP contribution < -0.4 is 5.32 Å². The van der Waals surface area contributed by atoms with E-state index in [4.69, 9.17) is 0 Å². The molecule has 2 aliphatic rings. The molecule has 2 N–H and O–H groups in total. The van der Waals surface area contributed by atoms with E-state index >= 15 is 0 Å². The molecule has 136 valence electrons. The number of urea groups is 1. The largest absolute Gasteiger partial charge is 0.338 e. The molecule has 25 heavy (non-hydrogen) atoms. The molecule has 0 aromatic carbocycles. The van der Waals surface area contributed by atoms with Crippen LogP contribution in [0.25, 0.3) is 0 Å². The first-order valence-corrected chi connectivity index (χ1v) is 8.81. The zero-order valence-electron chi connectivity index (χ0n) is 14.7. The fourth-order valence-electron chi connectivity index (χ4n) is 3.71. The Morgan fingerprint density at radius 1 is 1.40 bits per heavy atom. The van der Waals surface area contributed by atoms with E-state index in [1.807, 2.05) is 0 Å². The van der Waals surface area contributed by atoms with Gasteiger partial charge in [0.1, 0.15) is 12.1 Å². The highest BCUT2D eigenvalue weighted by Crippen LogP contribution is 2.37. The minimum absolute atomic E-state index is 0.228. The summed E-state index contributed by atoms with van der Waals surface area (Å²) in [5.74, 6) is 0.0827. The maximum absolute atomic E-state index is 12.8. The van der Waals surface area contributed by atoms with Gasteiger partial charge in [-0.1, -0.05) is 13.3 Å². The lowest BCUT2D eigenvalue weighted by Gasteiger charge is -2.34. The van der Waals surface area contributed by atoms with Crippen molar-refractivity contribution in [3.05, 3.63) is 18.0 Å². The SMILES string of the molecule is CCC1CCC2(CC1)NC(=O)N(CC(=O)N(C)Cc1ccn[nH]1)C2=O. The lowest BCUT2D eigenvalue weighted by atomic mass is 9.75. The first-order valence-electron chi connectivity index (χ1n) is 8.81. The molecule has 0 unspecified atom stereocenters. The molecule has 1 saturated carbocycles. The lowest BCUT2D eigenvalue weighted by molar-refractivity contribution is -0.139. The van der Waals surface area contributed by atoms with E-state index in [9.17, 15) is 14.4 Å². The molecular formula is C17H25N5O3. The number of carbonyl (C=O) groups excluding carboxylic acids is 3. The molecule has 2 heterocycles. The number of carbonyl (C=O) groups is 3. The second kappa shape index (κ2) is 6.85. The molecule has 1 aromatic heterocycles. The molecule has 1 aliphatic heterocycles. The van der Waals surface area contributed by atoms with Crippen molar-refractivity contribution in [2.45, 2.75) is 51.1 Å². The molecule has 1 aliphatic carbocycles. The first kappa shape index (κ1) is 17.4. The van der Waals surface area contributed by atoms with Crippen LogP contribution >= 0.6 is 0 Å². The van der Waals surface area contributed by atoms with Gasteiger partial charge in [0.25, 0.3) is 5.91 Å². The summed E-state index contributed by atoms with van der Waals surface area (Å²) in [4.78, 5) is 40.1. The predicted octanol–water partition coefficient (Wildman–Crippen LogP) is 1.26. The van der Waals surface area contributed by atoms with E-state index in [1.165, 1.54) is 4.90 Å². The topological polar surface area (TPSA) is 98.4 Å². The number of amides is 4. The molecule has 2 fully saturated rings. The number of hydrogen-bond acceptors (Lipinski definition) is 4. The number of imide groups is 1. The van der Waals surface area contributed by atoms with Crippen molar-refractivity contribution in [3.63, 3.8) is 0 Å². The fraction of sp³-hybridized carbons (Fsp3) is 0.647. The lowest BCUT2D eigenvalue weighted by Crippen LogP contribution is -2.50. The number of aromatic nitrogens is 2. The highest BCUT2D eigenvalue weighted by Gasteiger charge is 2.52. The Morgan fingerprint density at radius 2 is 2.12 bits per heavy atom. The van der Waals surface area contributed by atoms with Gasteiger partial charge in [-0.15, -0.1) is 0 Å². The molecule has 1 aromatic rings. The van der Waals surface area contributed by atoms with Crippen molar-refractivity contribution < 1.29 is 14.4 Å². The van der Waals surface area contributed by atoms with Crippen LogP contribution in [0.15, 0.2) is 12.3 Å². The zero-order chi connectivity index (χ0) is 18.0. The number of nitrogens with one attached hydrogen (secondary N) is 2. The fourth-order valence-corrected chi connectivity index (χ4v) is 3.71. The summed E-state index contributed by atoms with van der Waals surface area (Å²) in [6.45, 7) is 2.28. The Morgan fingerprint density at radius 3 is 2.72 bits per heavy atom. The second-order valence-corrected chi connectivity index (χ2v) is 7.09. The zero-order valence-corrected chi connectivity index (χ0v) is 14.7. The third-order valence-electron chi connectivity index (χ3n) is 5.47. The van der Waals surface area contributed by atoms with Gasteiger partial charge < -0.3 is 10.2 Å². The van der Waals surface area contributed by atoms with Crippen LogP contribution in [-0.2, 0) is 16.1 Å². The molecule has 0 bridgehead atoms. The smallest absolute Gasteiger partial charge is 0.325 e. The van der Waals surface area contributed by atoms with E-state index in [0.29, 0.717) is 25.3 Å². The summed E-state index contributed by atoms with van der Waals surface area (Å²) in [5, 5.41) is 9.48. The molecule has 0 atom stereocenters. The molecular weight excluding hydrogens is 322 g/mol. The van der Waals surface area contributed by atoms with Gasteiger partial charge >= 0.3 is 6.03 Å². The van der Waals surface area contributed by atoms with Gasteiger partial charge in [-0.3, -0.25) is 19.6 Å². The minimum atomic E-state index is -0.801. The minimum Gasteiger partial charge on any atom is -0.338 e. The highest BCUT2D eigenvalue weighted by molar-refractivity contribution is 6.09. The van der Waals surface area contributed by atoms with Crippen molar-refractivity contribution in [1.29, 1.82) is 0 Å². The summed E-state index contributed by atoms with van der Waals surface area (Å²) < 4.78 is 0. The number of likely N-dealkylation sites (N-methyl/N-ethyl adjacent to an activating group) is 1. The summed E-state index contributed by atoms with van der Waals surface area (Å²) >= 11 is 0. The van der Waals surface area contributed by atoms with Crippen LogP contribution in [0.2, 0.25) is 0 Å². The highest BCUT2D eigenvalue weighted by atomic mass is 16.2. The molecule has 8 nitrogen and oxygen atoms in total. The van der Waals surface area contributed by atoms with Crippen molar-refractivity contribution in [1.82, 2.24) is 25.3 Å². The van der Waals surface area contributed by atoms with E-state index in [0.717, 1.165) is 29.9 Å². The van der Waals surface area contributed by atoms with Gasteiger partial charge in [0.15, 0.2) is 0 Å². The Balaban J connectivity index is 1.62. The quantitative estimate of drug-likeness (QED) is 0.783. The maximum Gasteiger partial charge on any atom is 0.325 e. The van der Waals surface area contributed by atoms with Gasteiger partial charge in [0.05, 0.1) is 12.2 Å². The first-order chi connectivity index (χ1) is 11.9. The number of aromatic amines is 1. The van der Waals surface area contributed by atoms with Gasteiger partial charge in [-0.2, -0.15) is 5.10 Å². The Labute approximate surface area is 146 Å². The van der Waals surface area contributed by atoms with E-state index in [2.05, 4.69) is 22.4 Å². The van der Waals surface area contributed by atoms with Gasteiger partial charge in [0.2, 0.25) is 5.91 Å². The third kappa shape index (κ3) is 3.38. The Bertz CT molecular complexity index is 649. The monoisotopic (exact) mass is 347 g/mol. The summed E-state index contributed by atoms with van der Waals surface area (Å²) in [6, 6.07) is 1.32.